The molecule has 1 fully saturated rings. The molecule has 0 spiro atoms. The van der Waals surface area contributed by atoms with Gasteiger partial charge in [-0.3, -0.25) is 0 Å². The first-order valence-electron chi connectivity index (χ1n) is 3.46. The molecule has 3 heteroatoms. The maximum absolute atomic E-state index is 5.08. The van der Waals surface area contributed by atoms with Gasteiger partial charge >= 0.3 is 0 Å². The molecule has 1 aliphatic heterocycles. The zero-order chi connectivity index (χ0) is 6.97. The van der Waals surface area contributed by atoms with Crippen LogP contribution in [0.2, 0.25) is 0 Å². The maximum atomic E-state index is 5.08. The van der Waals surface area contributed by atoms with Gasteiger partial charge in [0.25, 0.3) is 0 Å². The molecule has 0 aromatic carbocycles. The average molecular weight is 138 g/mol. The largest absolute Gasteiger partial charge is 0.373 e. The zero-order valence-corrected chi connectivity index (χ0v) is 5.92. The molecule has 1 aromatic rings. The van der Waals surface area contributed by atoms with E-state index in [1.54, 1.807) is 6.33 Å². The van der Waals surface area contributed by atoms with Crippen molar-refractivity contribution < 1.29 is 4.74 Å². The lowest BCUT2D eigenvalue weighted by molar-refractivity contribution is 0.406. The zero-order valence-electron chi connectivity index (χ0n) is 5.92. The van der Waals surface area contributed by atoms with Crippen molar-refractivity contribution in [2.45, 2.75) is 19.4 Å². The van der Waals surface area contributed by atoms with Crippen molar-refractivity contribution in [3.05, 3.63) is 17.7 Å². The number of hydrogen-bond donors (Lipinski definition) is 1. The second-order valence-electron chi connectivity index (χ2n) is 2.63. The fourth-order valence-corrected chi connectivity index (χ4v) is 0.994. The number of ether oxygens (including phenoxy) is 1. The first-order valence-corrected chi connectivity index (χ1v) is 3.46. The highest BCUT2D eigenvalue weighted by Crippen LogP contribution is 2.15. The van der Waals surface area contributed by atoms with Gasteiger partial charge in [0.1, 0.15) is 0 Å². The molecule has 0 radical (unpaired) electrons. The third kappa shape index (κ3) is 1.04. The van der Waals surface area contributed by atoms with Crippen LogP contribution in [0.4, 0.5) is 0 Å². The Hall–Kier alpha value is -0.830. The lowest BCUT2D eigenvalue weighted by Gasteiger charge is -1.91. The van der Waals surface area contributed by atoms with Crippen LogP contribution in [0.1, 0.15) is 11.4 Å². The number of hydrogen-bond acceptors (Lipinski definition) is 2. The molecule has 0 amide bonds. The minimum absolute atomic E-state index is 0.446. The molecule has 10 heavy (non-hydrogen) atoms. The third-order valence-electron chi connectivity index (χ3n) is 1.76. The minimum atomic E-state index is 0.446. The number of H-pyrrole nitrogens is 1. The molecule has 1 saturated heterocycles. The van der Waals surface area contributed by atoms with E-state index in [1.807, 2.05) is 6.92 Å². The number of nitrogens with zero attached hydrogens (tertiary/aromatic N) is 1. The van der Waals surface area contributed by atoms with Crippen molar-refractivity contribution >= 4 is 0 Å². The Morgan fingerprint density at radius 2 is 2.70 bits per heavy atom. The molecule has 1 aromatic heterocycles. The fourth-order valence-electron chi connectivity index (χ4n) is 0.994. The van der Waals surface area contributed by atoms with Gasteiger partial charge < -0.3 is 9.72 Å². The van der Waals surface area contributed by atoms with Crippen molar-refractivity contribution in [2.24, 2.45) is 0 Å². The quantitative estimate of drug-likeness (QED) is 0.610. The molecule has 54 valence electrons. The Morgan fingerprint density at radius 1 is 1.90 bits per heavy atom. The van der Waals surface area contributed by atoms with Gasteiger partial charge in [-0.1, -0.05) is 0 Å². The van der Waals surface area contributed by atoms with E-state index in [4.69, 9.17) is 4.74 Å². The first kappa shape index (κ1) is 5.92. The summed E-state index contributed by atoms with van der Waals surface area (Å²) in [5.41, 5.74) is 2.30. The lowest BCUT2D eigenvalue weighted by atomic mass is 10.2. The van der Waals surface area contributed by atoms with Crippen LogP contribution in [-0.4, -0.2) is 22.7 Å². The molecule has 1 atom stereocenters. The fraction of sp³-hybridized carbons (Fsp3) is 0.571. The third-order valence-corrected chi connectivity index (χ3v) is 1.76. The average Bonchev–Trinajstić information content (AvgIpc) is 2.62. The van der Waals surface area contributed by atoms with Gasteiger partial charge in [0.05, 0.1) is 24.7 Å². The Labute approximate surface area is 59.4 Å². The summed E-state index contributed by atoms with van der Waals surface area (Å²) >= 11 is 0. The van der Waals surface area contributed by atoms with Crippen LogP contribution in [0, 0.1) is 6.92 Å². The number of epoxide rings is 1. The summed E-state index contributed by atoms with van der Waals surface area (Å²) in [6.07, 6.45) is 3.14. The van der Waals surface area contributed by atoms with E-state index in [2.05, 4.69) is 9.97 Å². The van der Waals surface area contributed by atoms with Gasteiger partial charge in [-0.25, -0.2) is 4.98 Å². The molecule has 2 rings (SSSR count). The summed E-state index contributed by atoms with van der Waals surface area (Å²) in [6, 6.07) is 0. The predicted molar refractivity (Wildman–Crippen MR) is 36.8 cm³/mol. The van der Waals surface area contributed by atoms with Crippen LogP contribution >= 0.6 is 0 Å². The lowest BCUT2D eigenvalue weighted by Crippen LogP contribution is -1.94. The topological polar surface area (TPSA) is 41.2 Å². The van der Waals surface area contributed by atoms with Crippen LogP contribution in [0.15, 0.2) is 6.33 Å². The minimum Gasteiger partial charge on any atom is -0.373 e. The summed E-state index contributed by atoms with van der Waals surface area (Å²) < 4.78 is 5.08. The molecule has 1 aliphatic rings. The summed E-state index contributed by atoms with van der Waals surface area (Å²) in [7, 11) is 0. The highest BCUT2D eigenvalue weighted by Gasteiger charge is 2.24. The number of nitrogens with one attached hydrogen (secondary N) is 1. The Balaban J connectivity index is 2.08. The van der Waals surface area contributed by atoms with E-state index in [9.17, 15) is 0 Å². The Morgan fingerprint density at radius 3 is 3.20 bits per heavy atom. The molecule has 1 unspecified atom stereocenters. The molecular formula is C7H10N2O. The van der Waals surface area contributed by atoms with E-state index in [1.165, 1.54) is 0 Å². The molecule has 0 aliphatic carbocycles. The number of rotatable bonds is 2. The number of aromatic nitrogens is 2. The standard InChI is InChI=1S/C7H10N2O/c1-5-7(9-4-8-5)2-6-3-10-6/h4,6H,2-3H2,1H3,(H,8,9). The van der Waals surface area contributed by atoms with Gasteiger partial charge in [0, 0.05) is 12.1 Å². The highest BCUT2D eigenvalue weighted by atomic mass is 16.6. The van der Waals surface area contributed by atoms with Gasteiger partial charge in [0.2, 0.25) is 0 Å². The second-order valence-corrected chi connectivity index (χ2v) is 2.63. The molecule has 1 N–H and O–H groups in total. The monoisotopic (exact) mass is 138 g/mol. The van der Waals surface area contributed by atoms with Crippen LogP contribution in [0.25, 0.3) is 0 Å². The summed E-state index contributed by atoms with van der Waals surface area (Å²) in [6.45, 7) is 2.94. The van der Waals surface area contributed by atoms with E-state index in [0.29, 0.717) is 6.10 Å². The van der Waals surface area contributed by atoms with E-state index < -0.39 is 0 Å². The normalized spacial score (nSPS) is 23.1. The van der Waals surface area contributed by atoms with Gasteiger partial charge in [0.15, 0.2) is 0 Å². The van der Waals surface area contributed by atoms with Gasteiger partial charge in [-0.2, -0.15) is 0 Å². The van der Waals surface area contributed by atoms with Crippen molar-refractivity contribution in [3.8, 4) is 0 Å². The number of aryl methyl sites for hydroxylation is 1. The van der Waals surface area contributed by atoms with Gasteiger partial charge in [-0.15, -0.1) is 0 Å². The molecule has 0 bridgehead atoms. The van der Waals surface area contributed by atoms with Crippen LogP contribution in [0.3, 0.4) is 0 Å². The Kier molecular flexibility index (Phi) is 1.24. The second kappa shape index (κ2) is 2.09. The number of aromatic amines is 1. The van der Waals surface area contributed by atoms with Crippen molar-refractivity contribution in [2.75, 3.05) is 6.61 Å². The molecule has 3 nitrogen and oxygen atoms in total. The smallest absolute Gasteiger partial charge is 0.0925 e. The molecule has 0 saturated carbocycles. The molecule has 2 heterocycles. The van der Waals surface area contributed by atoms with Crippen LogP contribution < -0.4 is 0 Å². The molecular weight excluding hydrogens is 128 g/mol. The summed E-state index contributed by atoms with van der Waals surface area (Å²) in [5, 5.41) is 0. The Bertz CT molecular complexity index is 227. The maximum Gasteiger partial charge on any atom is 0.0925 e. The van der Waals surface area contributed by atoms with E-state index in [0.717, 1.165) is 24.4 Å². The van der Waals surface area contributed by atoms with E-state index in [-0.39, 0.29) is 0 Å². The van der Waals surface area contributed by atoms with Crippen molar-refractivity contribution in [3.63, 3.8) is 0 Å². The SMILES string of the molecule is Cc1[nH]cnc1CC1CO1. The van der Waals surface area contributed by atoms with Crippen LogP contribution in [0.5, 0.6) is 0 Å². The van der Waals surface area contributed by atoms with Crippen molar-refractivity contribution in [1.29, 1.82) is 0 Å². The van der Waals surface area contributed by atoms with E-state index >= 15 is 0 Å². The predicted octanol–water partition coefficient (Wildman–Crippen LogP) is 0.659. The summed E-state index contributed by atoms with van der Waals surface area (Å²) in [5.74, 6) is 0. The van der Waals surface area contributed by atoms with Crippen LogP contribution in [-0.2, 0) is 11.2 Å². The van der Waals surface area contributed by atoms with Crippen molar-refractivity contribution in [1.82, 2.24) is 9.97 Å². The number of imidazole rings is 1. The summed E-state index contributed by atoms with van der Waals surface area (Å²) in [4.78, 5) is 7.20. The van der Waals surface area contributed by atoms with Gasteiger partial charge in [-0.05, 0) is 6.92 Å². The highest BCUT2D eigenvalue weighted by molar-refractivity contribution is 5.10. The first-order chi connectivity index (χ1) is 4.86.